The summed E-state index contributed by atoms with van der Waals surface area (Å²) in [5.41, 5.74) is 6.73. The highest BCUT2D eigenvalue weighted by Gasteiger charge is 2.18. The molecule has 88 valence electrons. The van der Waals surface area contributed by atoms with Crippen LogP contribution in [0.25, 0.3) is 0 Å². The van der Waals surface area contributed by atoms with Gasteiger partial charge in [0.25, 0.3) is 0 Å². The van der Waals surface area contributed by atoms with Gasteiger partial charge in [0, 0.05) is 31.1 Å². The molecule has 1 aliphatic heterocycles. The fourth-order valence-electron chi connectivity index (χ4n) is 1.87. The summed E-state index contributed by atoms with van der Waals surface area (Å²) in [5.74, 6) is 0. The first kappa shape index (κ1) is 11.5. The molecule has 2 unspecified atom stereocenters. The van der Waals surface area contributed by atoms with E-state index in [9.17, 15) is 0 Å². The van der Waals surface area contributed by atoms with E-state index in [-0.39, 0.29) is 12.2 Å². The van der Waals surface area contributed by atoms with E-state index in [4.69, 9.17) is 15.2 Å². The summed E-state index contributed by atoms with van der Waals surface area (Å²) < 4.78 is 11.3. The van der Waals surface area contributed by atoms with Crippen LogP contribution >= 0.6 is 0 Å². The average Bonchev–Trinajstić information content (AvgIpc) is 2.84. The minimum Gasteiger partial charge on any atom is -0.376 e. The van der Waals surface area contributed by atoms with Crippen LogP contribution in [0.2, 0.25) is 0 Å². The highest BCUT2D eigenvalue weighted by atomic mass is 16.5. The number of ether oxygens (including phenoxy) is 2. The monoisotopic (exact) mass is 222 g/mol. The molecule has 2 heterocycles. The normalized spacial score (nSPS) is 22.2. The molecule has 1 saturated heterocycles. The Hall–Kier alpha value is -0.970. The lowest BCUT2D eigenvalue weighted by atomic mass is 10.1. The summed E-state index contributed by atoms with van der Waals surface area (Å²) in [6, 6.07) is 3.88. The van der Waals surface area contributed by atoms with Crippen molar-refractivity contribution < 1.29 is 9.47 Å². The zero-order chi connectivity index (χ0) is 11.2. The summed E-state index contributed by atoms with van der Waals surface area (Å²) in [5, 5.41) is 0. The predicted octanol–water partition coefficient (Wildman–Crippen LogP) is 1.28. The summed E-state index contributed by atoms with van der Waals surface area (Å²) >= 11 is 0. The molecule has 0 saturated carbocycles. The molecule has 4 heteroatoms. The molecule has 2 rings (SSSR count). The zero-order valence-corrected chi connectivity index (χ0v) is 9.34. The highest BCUT2D eigenvalue weighted by Crippen LogP contribution is 2.18. The maximum absolute atomic E-state index is 5.77. The van der Waals surface area contributed by atoms with E-state index < -0.39 is 0 Å². The Morgan fingerprint density at radius 2 is 2.56 bits per heavy atom. The third-order valence-electron chi connectivity index (χ3n) is 2.78. The fourth-order valence-corrected chi connectivity index (χ4v) is 1.87. The Balaban J connectivity index is 1.85. The molecule has 16 heavy (non-hydrogen) atoms. The van der Waals surface area contributed by atoms with Gasteiger partial charge in [-0.25, -0.2) is 0 Å². The minimum absolute atomic E-state index is 0.0714. The quantitative estimate of drug-likeness (QED) is 0.815. The summed E-state index contributed by atoms with van der Waals surface area (Å²) in [6.07, 6.45) is 5.94. The third-order valence-corrected chi connectivity index (χ3v) is 2.78. The predicted molar refractivity (Wildman–Crippen MR) is 61.0 cm³/mol. The summed E-state index contributed by atoms with van der Waals surface area (Å²) in [4.78, 5) is 4.07. The Bertz CT molecular complexity index is 299. The number of nitrogens with zero attached hydrogens (tertiary/aromatic N) is 1. The molecule has 1 fully saturated rings. The van der Waals surface area contributed by atoms with Gasteiger partial charge in [-0.1, -0.05) is 6.07 Å². The fraction of sp³-hybridized carbons (Fsp3) is 0.583. The average molecular weight is 222 g/mol. The molecule has 1 aromatic heterocycles. The Labute approximate surface area is 95.8 Å². The maximum Gasteiger partial charge on any atom is 0.0963 e. The lowest BCUT2D eigenvalue weighted by Crippen LogP contribution is -2.22. The molecule has 2 atom stereocenters. The topological polar surface area (TPSA) is 57.4 Å². The molecule has 0 amide bonds. The van der Waals surface area contributed by atoms with Gasteiger partial charge in [0.05, 0.1) is 18.8 Å². The largest absolute Gasteiger partial charge is 0.376 e. The van der Waals surface area contributed by atoms with Gasteiger partial charge >= 0.3 is 0 Å². The van der Waals surface area contributed by atoms with Gasteiger partial charge in [0.1, 0.15) is 0 Å². The lowest BCUT2D eigenvalue weighted by Gasteiger charge is -2.18. The SMILES string of the molecule is NCC(OCC1CCCO1)c1cccnc1. The molecule has 0 radical (unpaired) electrons. The first-order valence-corrected chi connectivity index (χ1v) is 5.73. The van der Waals surface area contributed by atoms with Crippen molar-refractivity contribution in [2.75, 3.05) is 19.8 Å². The van der Waals surface area contributed by atoms with Crippen LogP contribution in [-0.4, -0.2) is 30.8 Å². The van der Waals surface area contributed by atoms with Crippen LogP contribution in [0.1, 0.15) is 24.5 Å². The van der Waals surface area contributed by atoms with E-state index in [1.807, 2.05) is 12.1 Å². The molecule has 1 aliphatic rings. The van der Waals surface area contributed by atoms with Gasteiger partial charge in [0.15, 0.2) is 0 Å². The van der Waals surface area contributed by atoms with E-state index >= 15 is 0 Å². The van der Waals surface area contributed by atoms with E-state index in [1.165, 1.54) is 0 Å². The molecule has 1 aromatic rings. The van der Waals surface area contributed by atoms with Gasteiger partial charge < -0.3 is 15.2 Å². The van der Waals surface area contributed by atoms with Crippen LogP contribution in [0.5, 0.6) is 0 Å². The first-order valence-electron chi connectivity index (χ1n) is 5.73. The van der Waals surface area contributed by atoms with Crippen molar-refractivity contribution in [1.82, 2.24) is 4.98 Å². The van der Waals surface area contributed by atoms with Gasteiger partial charge in [-0.15, -0.1) is 0 Å². The molecular formula is C12H18N2O2. The molecule has 4 nitrogen and oxygen atoms in total. The van der Waals surface area contributed by atoms with Crippen molar-refractivity contribution in [2.45, 2.75) is 25.0 Å². The van der Waals surface area contributed by atoms with Gasteiger partial charge in [-0.2, -0.15) is 0 Å². The van der Waals surface area contributed by atoms with Crippen molar-refractivity contribution in [1.29, 1.82) is 0 Å². The second-order valence-corrected chi connectivity index (χ2v) is 3.98. The Morgan fingerprint density at radius 3 is 3.19 bits per heavy atom. The van der Waals surface area contributed by atoms with Crippen molar-refractivity contribution in [2.24, 2.45) is 5.73 Å². The summed E-state index contributed by atoms with van der Waals surface area (Å²) in [7, 11) is 0. The van der Waals surface area contributed by atoms with Crippen molar-refractivity contribution in [3.8, 4) is 0 Å². The van der Waals surface area contributed by atoms with Crippen molar-refractivity contribution >= 4 is 0 Å². The molecule has 0 spiro atoms. The van der Waals surface area contributed by atoms with Crippen LogP contribution in [0.3, 0.4) is 0 Å². The minimum atomic E-state index is -0.0714. The number of hydrogen-bond acceptors (Lipinski definition) is 4. The van der Waals surface area contributed by atoms with Crippen LogP contribution < -0.4 is 5.73 Å². The van der Waals surface area contributed by atoms with Gasteiger partial charge in [0.2, 0.25) is 0 Å². The third kappa shape index (κ3) is 3.01. The molecule has 2 N–H and O–H groups in total. The number of pyridine rings is 1. The molecule has 0 aliphatic carbocycles. The van der Waals surface area contributed by atoms with Crippen LogP contribution in [-0.2, 0) is 9.47 Å². The summed E-state index contributed by atoms with van der Waals surface area (Å²) in [6.45, 7) is 1.95. The zero-order valence-electron chi connectivity index (χ0n) is 9.34. The van der Waals surface area contributed by atoms with Gasteiger partial charge in [-0.3, -0.25) is 4.98 Å². The Morgan fingerprint density at radius 1 is 1.62 bits per heavy atom. The molecule has 0 aromatic carbocycles. The number of aromatic nitrogens is 1. The van der Waals surface area contributed by atoms with Crippen LogP contribution in [0.15, 0.2) is 24.5 Å². The van der Waals surface area contributed by atoms with Crippen LogP contribution in [0, 0.1) is 0 Å². The lowest BCUT2D eigenvalue weighted by molar-refractivity contribution is -0.0182. The van der Waals surface area contributed by atoms with E-state index in [0.29, 0.717) is 13.2 Å². The molecule has 0 bridgehead atoms. The van der Waals surface area contributed by atoms with Crippen LogP contribution in [0.4, 0.5) is 0 Å². The standard InChI is InChI=1S/C12H18N2O2/c13-7-12(10-3-1-5-14-8-10)16-9-11-4-2-6-15-11/h1,3,5,8,11-12H,2,4,6-7,9,13H2. The van der Waals surface area contributed by atoms with E-state index in [1.54, 1.807) is 12.4 Å². The van der Waals surface area contributed by atoms with Gasteiger partial charge in [-0.05, 0) is 18.9 Å². The number of hydrogen-bond donors (Lipinski definition) is 1. The second kappa shape index (κ2) is 5.94. The smallest absolute Gasteiger partial charge is 0.0963 e. The number of nitrogens with two attached hydrogens (primary N) is 1. The first-order chi connectivity index (χ1) is 7.90. The maximum atomic E-state index is 5.77. The van der Waals surface area contributed by atoms with E-state index in [0.717, 1.165) is 25.0 Å². The number of rotatable bonds is 5. The van der Waals surface area contributed by atoms with Crippen molar-refractivity contribution in [3.63, 3.8) is 0 Å². The highest BCUT2D eigenvalue weighted by molar-refractivity contribution is 5.12. The van der Waals surface area contributed by atoms with E-state index in [2.05, 4.69) is 4.98 Å². The molecular weight excluding hydrogens is 204 g/mol. The second-order valence-electron chi connectivity index (χ2n) is 3.98. The Kier molecular flexibility index (Phi) is 4.27. The van der Waals surface area contributed by atoms with Crippen molar-refractivity contribution in [3.05, 3.63) is 30.1 Å².